The maximum atomic E-state index is 13.5. The van der Waals surface area contributed by atoms with Gasteiger partial charge in [0, 0.05) is 31.7 Å². The number of imidazole rings is 1. The zero-order valence-corrected chi connectivity index (χ0v) is 12.4. The Bertz CT molecular complexity index is 995. The Kier molecular flexibility index (Phi) is 3.87. The van der Waals surface area contributed by atoms with Crippen molar-refractivity contribution in [3.05, 3.63) is 45.5 Å². The van der Waals surface area contributed by atoms with Crippen molar-refractivity contribution in [3.63, 3.8) is 0 Å². The number of nitrogens with zero attached hydrogens (tertiary/aromatic N) is 4. The van der Waals surface area contributed by atoms with Crippen LogP contribution in [0.4, 0.5) is 14.8 Å². The first-order chi connectivity index (χ1) is 11.1. The van der Waals surface area contributed by atoms with Crippen molar-refractivity contribution >= 4 is 11.3 Å². The fraction of sp³-hybridized carbons (Fsp3) is 0.286. The number of anilines is 1. The van der Waals surface area contributed by atoms with Crippen LogP contribution in [0.15, 0.2) is 34.2 Å². The molecule has 0 aliphatic carbocycles. The van der Waals surface area contributed by atoms with Gasteiger partial charge in [-0.3, -0.25) is 14.5 Å². The van der Waals surface area contributed by atoms with Crippen LogP contribution in [0.5, 0.6) is 0 Å². The predicted octanol–water partition coefficient (Wildman–Crippen LogP) is 0.474. The molecule has 126 valence electrons. The second-order valence-electron chi connectivity index (χ2n) is 5.43. The average molecular weight is 336 g/mol. The standard InChI is InChI=1S/C14H13FN6O2.FH/c15-8-1-3-20(7-8)11-5-10(19-21-4-2-16-12(11)21)9-6-17-14(23)18-13(9)22;/h2,4-6,8H,1,3,7H2,(H2,17,18,22,23);1H/t8-;/m1./s1. The van der Waals surface area contributed by atoms with Crippen LogP contribution in [0.25, 0.3) is 16.9 Å². The fourth-order valence-corrected chi connectivity index (χ4v) is 2.80. The highest BCUT2D eigenvalue weighted by molar-refractivity contribution is 5.74. The molecule has 1 saturated heterocycles. The van der Waals surface area contributed by atoms with Gasteiger partial charge in [0.05, 0.1) is 11.3 Å². The minimum atomic E-state index is -0.877. The van der Waals surface area contributed by atoms with Crippen molar-refractivity contribution < 1.29 is 9.09 Å². The van der Waals surface area contributed by atoms with E-state index in [0.29, 0.717) is 30.0 Å². The van der Waals surface area contributed by atoms with Gasteiger partial charge in [0.25, 0.3) is 5.56 Å². The number of halogens is 2. The largest absolute Gasteiger partial charge is 0.365 e. The van der Waals surface area contributed by atoms with E-state index in [0.717, 1.165) is 0 Å². The van der Waals surface area contributed by atoms with Crippen molar-refractivity contribution in [2.75, 3.05) is 18.0 Å². The van der Waals surface area contributed by atoms with Crippen LogP contribution in [0.3, 0.4) is 0 Å². The Morgan fingerprint density at radius 3 is 2.88 bits per heavy atom. The van der Waals surface area contributed by atoms with E-state index in [1.807, 2.05) is 4.90 Å². The number of aromatic amines is 2. The SMILES string of the molecule is F.O=c1[nH]cc(-c2cc(N3CC[C@@H](F)C3)c3nccn3n2)c(=O)[nH]1. The lowest BCUT2D eigenvalue weighted by atomic mass is 10.2. The molecule has 0 bridgehead atoms. The highest BCUT2D eigenvalue weighted by atomic mass is 19.1. The van der Waals surface area contributed by atoms with E-state index in [-0.39, 0.29) is 16.8 Å². The van der Waals surface area contributed by atoms with E-state index < -0.39 is 17.4 Å². The molecular weight excluding hydrogens is 322 g/mol. The summed E-state index contributed by atoms with van der Waals surface area (Å²) in [6.07, 6.45) is 4.15. The number of hydrogen-bond acceptors (Lipinski definition) is 5. The summed E-state index contributed by atoms with van der Waals surface area (Å²) in [4.78, 5) is 33.9. The van der Waals surface area contributed by atoms with Crippen LogP contribution in [-0.4, -0.2) is 43.8 Å². The molecule has 24 heavy (non-hydrogen) atoms. The van der Waals surface area contributed by atoms with Gasteiger partial charge >= 0.3 is 5.69 Å². The lowest BCUT2D eigenvalue weighted by molar-refractivity contribution is 0.364. The molecule has 3 aromatic rings. The normalized spacial score (nSPS) is 17.2. The summed E-state index contributed by atoms with van der Waals surface area (Å²) in [5, 5.41) is 4.34. The molecule has 0 amide bonds. The number of alkyl halides is 1. The first-order valence-corrected chi connectivity index (χ1v) is 7.17. The molecule has 0 aromatic carbocycles. The van der Waals surface area contributed by atoms with Crippen LogP contribution in [0.2, 0.25) is 0 Å². The Hall–Kier alpha value is -3.04. The molecule has 1 atom stereocenters. The number of hydrogen-bond donors (Lipinski definition) is 2. The molecule has 0 unspecified atom stereocenters. The van der Waals surface area contributed by atoms with E-state index in [1.165, 1.54) is 6.20 Å². The van der Waals surface area contributed by atoms with Gasteiger partial charge in [-0.15, -0.1) is 0 Å². The number of H-pyrrole nitrogens is 2. The van der Waals surface area contributed by atoms with E-state index in [4.69, 9.17) is 0 Å². The second kappa shape index (κ2) is 5.87. The second-order valence-corrected chi connectivity index (χ2v) is 5.43. The van der Waals surface area contributed by atoms with Gasteiger partial charge in [-0.1, -0.05) is 0 Å². The molecular formula is C14H14F2N6O2. The molecule has 1 fully saturated rings. The van der Waals surface area contributed by atoms with Gasteiger partial charge in [0.15, 0.2) is 5.65 Å². The molecule has 4 heterocycles. The van der Waals surface area contributed by atoms with E-state index >= 15 is 0 Å². The molecule has 8 nitrogen and oxygen atoms in total. The van der Waals surface area contributed by atoms with Gasteiger partial charge in [0.1, 0.15) is 11.9 Å². The lowest BCUT2D eigenvalue weighted by Crippen LogP contribution is -2.24. The number of fused-ring (bicyclic) bond motifs is 1. The third-order valence-electron chi connectivity index (χ3n) is 3.91. The van der Waals surface area contributed by atoms with Gasteiger partial charge in [-0.2, -0.15) is 5.10 Å². The van der Waals surface area contributed by atoms with Crippen molar-refractivity contribution in [3.8, 4) is 11.3 Å². The minimum Gasteiger partial charge on any atom is -0.365 e. The third kappa shape index (κ3) is 2.55. The Labute approximate surface area is 133 Å². The van der Waals surface area contributed by atoms with Crippen molar-refractivity contribution in [2.45, 2.75) is 12.6 Å². The molecule has 0 radical (unpaired) electrons. The van der Waals surface area contributed by atoms with Crippen LogP contribution in [0.1, 0.15) is 6.42 Å². The molecule has 1 aliphatic heterocycles. The van der Waals surface area contributed by atoms with Gasteiger partial charge < -0.3 is 9.88 Å². The maximum Gasteiger partial charge on any atom is 0.325 e. The summed E-state index contributed by atoms with van der Waals surface area (Å²) in [7, 11) is 0. The average Bonchev–Trinajstić information content (AvgIpc) is 3.14. The zero-order valence-electron chi connectivity index (χ0n) is 12.4. The minimum absolute atomic E-state index is 0. The molecule has 1 aliphatic rings. The van der Waals surface area contributed by atoms with Gasteiger partial charge in [-0.25, -0.2) is 18.7 Å². The first kappa shape index (κ1) is 15.8. The quantitative estimate of drug-likeness (QED) is 0.709. The van der Waals surface area contributed by atoms with Gasteiger partial charge in [0.2, 0.25) is 0 Å². The van der Waals surface area contributed by atoms with Gasteiger partial charge in [-0.05, 0) is 12.5 Å². The van der Waals surface area contributed by atoms with E-state index in [9.17, 15) is 14.0 Å². The molecule has 0 spiro atoms. The third-order valence-corrected chi connectivity index (χ3v) is 3.91. The first-order valence-electron chi connectivity index (χ1n) is 7.17. The van der Waals surface area contributed by atoms with Crippen LogP contribution in [-0.2, 0) is 0 Å². The van der Waals surface area contributed by atoms with Crippen molar-refractivity contribution in [1.82, 2.24) is 24.6 Å². The molecule has 0 saturated carbocycles. The number of rotatable bonds is 2. The molecule has 3 aromatic heterocycles. The summed E-state index contributed by atoms with van der Waals surface area (Å²) in [5.41, 5.74) is 0.816. The van der Waals surface area contributed by atoms with Crippen molar-refractivity contribution in [1.29, 1.82) is 0 Å². The summed E-state index contributed by atoms with van der Waals surface area (Å²) >= 11 is 0. The molecule has 10 heteroatoms. The smallest absolute Gasteiger partial charge is 0.325 e. The Morgan fingerprint density at radius 1 is 1.33 bits per heavy atom. The summed E-state index contributed by atoms with van der Waals surface area (Å²) in [5.74, 6) is 0. The Balaban J connectivity index is 0.00000169. The summed E-state index contributed by atoms with van der Waals surface area (Å²) in [6.45, 7) is 0.864. The van der Waals surface area contributed by atoms with E-state index in [1.54, 1.807) is 23.0 Å². The van der Waals surface area contributed by atoms with Crippen LogP contribution < -0.4 is 16.1 Å². The monoisotopic (exact) mass is 336 g/mol. The van der Waals surface area contributed by atoms with Crippen LogP contribution >= 0.6 is 0 Å². The van der Waals surface area contributed by atoms with Crippen LogP contribution in [0, 0.1) is 0 Å². The number of aromatic nitrogens is 5. The highest BCUT2D eigenvalue weighted by Gasteiger charge is 2.25. The number of nitrogens with one attached hydrogen (secondary N) is 2. The topological polar surface area (TPSA) is 99.2 Å². The fourth-order valence-electron chi connectivity index (χ4n) is 2.80. The summed E-state index contributed by atoms with van der Waals surface area (Å²) < 4.78 is 15.1. The van der Waals surface area contributed by atoms with E-state index in [2.05, 4.69) is 20.1 Å². The molecule has 4 rings (SSSR count). The lowest BCUT2D eigenvalue weighted by Gasteiger charge is -2.18. The highest BCUT2D eigenvalue weighted by Crippen LogP contribution is 2.28. The summed E-state index contributed by atoms with van der Waals surface area (Å²) in [6, 6.07) is 1.70. The Morgan fingerprint density at radius 2 is 2.17 bits per heavy atom. The predicted molar refractivity (Wildman–Crippen MR) is 83.9 cm³/mol. The maximum absolute atomic E-state index is 13.5. The molecule has 2 N–H and O–H groups in total. The van der Waals surface area contributed by atoms with Crippen molar-refractivity contribution in [2.24, 2.45) is 0 Å². The zero-order chi connectivity index (χ0) is 16.0.